The fraction of sp³-hybridized carbons (Fsp3) is 0.615. The minimum Gasteiger partial charge on any atom is -0.492 e. The van der Waals surface area contributed by atoms with Crippen molar-refractivity contribution in [1.29, 1.82) is 0 Å². The van der Waals surface area contributed by atoms with Gasteiger partial charge in [-0.1, -0.05) is 6.42 Å². The van der Waals surface area contributed by atoms with E-state index >= 15 is 0 Å². The Kier molecular flexibility index (Phi) is 3.78. The van der Waals surface area contributed by atoms with Gasteiger partial charge in [0.05, 0.1) is 12.8 Å². The van der Waals surface area contributed by atoms with Gasteiger partial charge in [-0.3, -0.25) is 4.98 Å². The second-order valence-corrected chi connectivity index (χ2v) is 4.32. The van der Waals surface area contributed by atoms with Gasteiger partial charge in [-0.05, 0) is 38.4 Å². The lowest BCUT2D eigenvalue weighted by Crippen LogP contribution is -2.27. The molecule has 1 aliphatic carbocycles. The standard InChI is InChI=1S/C13H20N2O/c1-3-16-11-7-10(8-15-9-11)12-5-4-6-13(12)14-2/h7-9,12-14H,3-6H2,1-2H3. The van der Waals surface area contributed by atoms with Crippen molar-refractivity contribution in [1.82, 2.24) is 10.3 Å². The quantitative estimate of drug-likeness (QED) is 0.845. The number of pyridine rings is 1. The maximum absolute atomic E-state index is 5.49. The smallest absolute Gasteiger partial charge is 0.137 e. The van der Waals surface area contributed by atoms with Crippen LogP contribution >= 0.6 is 0 Å². The Hall–Kier alpha value is -1.09. The Bertz CT molecular complexity index is 340. The molecule has 1 aromatic rings. The van der Waals surface area contributed by atoms with E-state index in [1.165, 1.54) is 24.8 Å². The van der Waals surface area contributed by atoms with E-state index in [9.17, 15) is 0 Å². The maximum atomic E-state index is 5.49. The summed E-state index contributed by atoms with van der Waals surface area (Å²) in [5.74, 6) is 1.49. The van der Waals surface area contributed by atoms with Crippen molar-refractivity contribution >= 4 is 0 Å². The van der Waals surface area contributed by atoms with Crippen LogP contribution in [-0.4, -0.2) is 24.7 Å². The molecule has 1 saturated carbocycles. The summed E-state index contributed by atoms with van der Waals surface area (Å²) < 4.78 is 5.49. The first kappa shape index (κ1) is 11.4. The maximum Gasteiger partial charge on any atom is 0.137 e. The lowest BCUT2D eigenvalue weighted by molar-refractivity contribution is 0.338. The largest absolute Gasteiger partial charge is 0.492 e. The van der Waals surface area contributed by atoms with Gasteiger partial charge in [-0.2, -0.15) is 0 Å². The second-order valence-electron chi connectivity index (χ2n) is 4.32. The summed E-state index contributed by atoms with van der Waals surface area (Å²) in [6.07, 6.45) is 7.58. The number of likely N-dealkylation sites (N-methyl/N-ethyl adjacent to an activating group) is 1. The monoisotopic (exact) mass is 220 g/mol. The molecule has 2 rings (SSSR count). The number of nitrogens with zero attached hydrogens (tertiary/aromatic N) is 1. The molecule has 1 aromatic heterocycles. The Morgan fingerprint density at radius 3 is 3.06 bits per heavy atom. The average molecular weight is 220 g/mol. The van der Waals surface area contributed by atoms with Gasteiger partial charge in [0.2, 0.25) is 0 Å². The van der Waals surface area contributed by atoms with Crippen LogP contribution in [0.25, 0.3) is 0 Å². The first-order chi connectivity index (χ1) is 7.85. The summed E-state index contributed by atoms with van der Waals surface area (Å²) in [7, 11) is 2.04. The molecule has 0 aliphatic heterocycles. The van der Waals surface area contributed by atoms with Crippen molar-refractivity contribution in [3.8, 4) is 5.75 Å². The molecule has 0 radical (unpaired) electrons. The third kappa shape index (κ3) is 2.35. The lowest BCUT2D eigenvalue weighted by atomic mass is 9.95. The van der Waals surface area contributed by atoms with E-state index in [1.807, 2.05) is 20.2 Å². The molecule has 1 heterocycles. The lowest BCUT2D eigenvalue weighted by Gasteiger charge is -2.19. The molecule has 2 unspecified atom stereocenters. The van der Waals surface area contributed by atoms with E-state index in [1.54, 1.807) is 6.20 Å². The number of nitrogens with one attached hydrogen (secondary N) is 1. The molecular formula is C13H20N2O. The van der Waals surface area contributed by atoms with Crippen LogP contribution in [0.15, 0.2) is 18.5 Å². The van der Waals surface area contributed by atoms with Crippen molar-refractivity contribution in [2.45, 2.75) is 38.1 Å². The summed E-state index contributed by atoms with van der Waals surface area (Å²) in [5.41, 5.74) is 1.31. The summed E-state index contributed by atoms with van der Waals surface area (Å²) in [4.78, 5) is 4.26. The number of ether oxygens (including phenoxy) is 1. The molecule has 0 aromatic carbocycles. The van der Waals surface area contributed by atoms with Crippen LogP contribution in [-0.2, 0) is 0 Å². The zero-order chi connectivity index (χ0) is 11.4. The molecular weight excluding hydrogens is 200 g/mol. The van der Waals surface area contributed by atoms with Gasteiger partial charge in [-0.15, -0.1) is 0 Å². The highest BCUT2D eigenvalue weighted by atomic mass is 16.5. The highest BCUT2D eigenvalue weighted by Gasteiger charge is 2.27. The molecule has 0 bridgehead atoms. The Morgan fingerprint density at radius 2 is 2.31 bits per heavy atom. The molecule has 0 spiro atoms. The number of hydrogen-bond acceptors (Lipinski definition) is 3. The molecule has 1 N–H and O–H groups in total. The van der Waals surface area contributed by atoms with E-state index in [0.29, 0.717) is 18.6 Å². The predicted molar refractivity (Wildman–Crippen MR) is 64.8 cm³/mol. The van der Waals surface area contributed by atoms with E-state index in [2.05, 4.69) is 16.4 Å². The van der Waals surface area contributed by atoms with Gasteiger partial charge < -0.3 is 10.1 Å². The first-order valence-electron chi connectivity index (χ1n) is 6.10. The van der Waals surface area contributed by atoms with Gasteiger partial charge in [0.15, 0.2) is 0 Å². The van der Waals surface area contributed by atoms with Crippen LogP contribution in [0.5, 0.6) is 5.75 Å². The number of aromatic nitrogens is 1. The molecule has 0 saturated heterocycles. The van der Waals surface area contributed by atoms with Crippen LogP contribution < -0.4 is 10.1 Å². The summed E-state index contributed by atoms with van der Waals surface area (Å²) in [6.45, 7) is 2.70. The summed E-state index contributed by atoms with van der Waals surface area (Å²) >= 11 is 0. The van der Waals surface area contributed by atoms with Crippen molar-refractivity contribution in [3.05, 3.63) is 24.0 Å². The summed E-state index contributed by atoms with van der Waals surface area (Å²) in [5, 5.41) is 3.40. The van der Waals surface area contributed by atoms with E-state index < -0.39 is 0 Å². The Morgan fingerprint density at radius 1 is 1.44 bits per heavy atom. The van der Waals surface area contributed by atoms with Crippen LogP contribution in [0.4, 0.5) is 0 Å². The van der Waals surface area contributed by atoms with Gasteiger partial charge in [0.25, 0.3) is 0 Å². The molecule has 88 valence electrons. The van der Waals surface area contributed by atoms with E-state index in [0.717, 1.165) is 5.75 Å². The molecule has 2 atom stereocenters. The predicted octanol–water partition coefficient (Wildman–Crippen LogP) is 2.34. The molecule has 0 amide bonds. The highest BCUT2D eigenvalue weighted by molar-refractivity contribution is 5.28. The van der Waals surface area contributed by atoms with Crippen molar-refractivity contribution < 1.29 is 4.74 Å². The zero-order valence-corrected chi connectivity index (χ0v) is 10.1. The normalized spacial score (nSPS) is 24.6. The van der Waals surface area contributed by atoms with Crippen molar-refractivity contribution in [2.24, 2.45) is 0 Å². The Labute approximate surface area is 97.2 Å². The second kappa shape index (κ2) is 5.30. The zero-order valence-electron chi connectivity index (χ0n) is 10.1. The first-order valence-corrected chi connectivity index (χ1v) is 6.10. The molecule has 1 fully saturated rings. The van der Waals surface area contributed by atoms with E-state index in [4.69, 9.17) is 4.74 Å². The van der Waals surface area contributed by atoms with E-state index in [-0.39, 0.29) is 0 Å². The minimum atomic E-state index is 0.595. The molecule has 3 nitrogen and oxygen atoms in total. The van der Waals surface area contributed by atoms with Gasteiger partial charge in [0, 0.05) is 18.2 Å². The van der Waals surface area contributed by atoms with Crippen LogP contribution in [0.2, 0.25) is 0 Å². The van der Waals surface area contributed by atoms with Crippen LogP contribution in [0.3, 0.4) is 0 Å². The van der Waals surface area contributed by atoms with Gasteiger partial charge >= 0.3 is 0 Å². The Balaban J connectivity index is 2.16. The third-order valence-corrected chi connectivity index (χ3v) is 3.36. The topological polar surface area (TPSA) is 34.1 Å². The number of rotatable bonds is 4. The van der Waals surface area contributed by atoms with Crippen molar-refractivity contribution in [2.75, 3.05) is 13.7 Å². The summed E-state index contributed by atoms with van der Waals surface area (Å²) in [6, 6.07) is 2.73. The van der Waals surface area contributed by atoms with Crippen LogP contribution in [0, 0.1) is 0 Å². The molecule has 3 heteroatoms. The fourth-order valence-corrected chi connectivity index (χ4v) is 2.59. The molecule has 16 heavy (non-hydrogen) atoms. The average Bonchev–Trinajstić information content (AvgIpc) is 2.78. The van der Waals surface area contributed by atoms with Crippen molar-refractivity contribution in [3.63, 3.8) is 0 Å². The van der Waals surface area contributed by atoms with Crippen LogP contribution in [0.1, 0.15) is 37.7 Å². The number of hydrogen-bond donors (Lipinski definition) is 1. The third-order valence-electron chi connectivity index (χ3n) is 3.36. The molecule has 1 aliphatic rings. The fourth-order valence-electron chi connectivity index (χ4n) is 2.59. The SMILES string of the molecule is CCOc1cncc(C2CCCC2NC)c1. The van der Waals surface area contributed by atoms with Gasteiger partial charge in [-0.25, -0.2) is 0 Å². The minimum absolute atomic E-state index is 0.595. The highest BCUT2D eigenvalue weighted by Crippen LogP contribution is 2.35. The van der Waals surface area contributed by atoms with Gasteiger partial charge in [0.1, 0.15) is 5.75 Å².